The van der Waals surface area contributed by atoms with Crippen LogP contribution in [0.3, 0.4) is 0 Å². The Balaban J connectivity index is 1.57. The number of imide groups is 1. The first kappa shape index (κ1) is 18.3. The summed E-state index contributed by atoms with van der Waals surface area (Å²) in [5.41, 5.74) is 2.41. The van der Waals surface area contributed by atoms with E-state index in [-0.39, 0.29) is 43.0 Å². The average molecular weight is 365 g/mol. The summed E-state index contributed by atoms with van der Waals surface area (Å²) in [6.45, 7) is 1.44. The van der Waals surface area contributed by atoms with Gasteiger partial charge in [0.2, 0.25) is 17.7 Å². The highest BCUT2D eigenvalue weighted by Gasteiger charge is 2.30. The molecule has 1 aliphatic heterocycles. The van der Waals surface area contributed by atoms with Gasteiger partial charge in [0.1, 0.15) is 0 Å². The summed E-state index contributed by atoms with van der Waals surface area (Å²) in [6.07, 6.45) is 0.168. The molecular weight excluding hydrogens is 346 g/mol. The number of fused-ring (bicyclic) bond motifs is 1. The van der Waals surface area contributed by atoms with Crippen molar-refractivity contribution in [2.45, 2.75) is 19.8 Å². The van der Waals surface area contributed by atoms with Crippen LogP contribution in [0.2, 0.25) is 0 Å². The molecular formula is C20H19N3O4. The lowest BCUT2D eigenvalue weighted by Gasteiger charge is -2.26. The number of anilines is 2. The SMILES string of the molecule is CC(=O)Nc1ccc(NC(=O)CCN2C(=O)Cc3ccccc3C2=O)cc1. The van der Waals surface area contributed by atoms with Crippen LogP contribution in [0, 0.1) is 0 Å². The summed E-state index contributed by atoms with van der Waals surface area (Å²) >= 11 is 0. The second kappa shape index (κ2) is 7.82. The van der Waals surface area contributed by atoms with Gasteiger partial charge in [0, 0.05) is 36.8 Å². The second-order valence-corrected chi connectivity index (χ2v) is 6.24. The van der Waals surface area contributed by atoms with Crippen molar-refractivity contribution >= 4 is 35.0 Å². The molecule has 0 aromatic heterocycles. The van der Waals surface area contributed by atoms with Crippen LogP contribution in [0.1, 0.15) is 29.3 Å². The molecule has 7 nitrogen and oxygen atoms in total. The molecule has 138 valence electrons. The first-order valence-electron chi connectivity index (χ1n) is 8.54. The fourth-order valence-corrected chi connectivity index (χ4v) is 2.90. The standard InChI is InChI=1S/C20H19N3O4/c1-13(24)21-15-6-8-16(9-7-15)22-18(25)10-11-23-19(26)12-14-4-2-3-5-17(14)20(23)27/h2-9H,10-12H2,1H3,(H,21,24)(H,22,25). The largest absolute Gasteiger partial charge is 0.326 e. The molecule has 2 aromatic rings. The number of amides is 4. The number of benzene rings is 2. The smallest absolute Gasteiger partial charge is 0.260 e. The summed E-state index contributed by atoms with van der Waals surface area (Å²) in [6, 6.07) is 13.7. The third kappa shape index (κ3) is 4.38. The summed E-state index contributed by atoms with van der Waals surface area (Å²) in [5, 5.41) is 5.35. The first-order valence-corrected chi connectivity index (χ1v) is 8.54. The van der Waals surface area contributed by atoms with Crippen molar-refractivity contribution in [2.75, 3.05) is 17.2 Å². The van der Waals surface area contributed by atoms with Gasteiger partial charge in [0.05, 0.1) is 6.42 Å². The van der Waals surface area contributed by atoms with E-state index in [9.17, 15) is 19.2 Å². The molecule has 0 spiro atoms. The maximum absolute atomic E-state index is 12.5. The Labute approximate surface area is 156 Å². The molecule has 0 saturated carbocycles. The molecule has 1 heterocycles. The summed E-state index contributed by atoms with van der Waals surface area (Å²) in [7, 11) is 0. The maximum atomic E-state index is 12.5. The summed E-state index contributed by atoms with van der Waals surface area (Å²) < 4.78 is 0. The van der Waals surface area contributed by atoms with E-state index >= 15 is 0 Å². The molecule has 0 radical (unpaired) electrons. The number of nitrogens with one attached hydrogen (secondary N) is 2. The van der Waals surface area contributed by atoms with Gasteiger partial charge in [0.15, 0.2) is 0 Å². The molecule has 3 rings (SSSR count). The molecule has 0 bridgehead atoms. The zero-order chi connectivity index (χ0) is 19.4. The minimum absolute atomic E-state index is 0.00704. The van der Waals surface area contributed by atoms with Gasteiger partial charge < -0.3 is 10.6 Å². The fraction of sp³-hybridized carbons (Fsp3) is 0.200. The molecule has 0 aliphatic carbocycles. The number of hydrogen-bond donors (Lipinski definition) is 2. The molecule has 0 atom stereocenters. The number of nitrogens with zero attached hydrogens (tertiary/aromatic N) is 1. The highest BCUT2D eigenvalue weighted by atomic mass is 16.2. The molecule has 2 aromatic carbocycles. The predicted molar refractivity (Wildman–Crippen MR) is 100 cm³/mol. The van der Waals surface area contributed by atoms with Gasteiger partial charge >= 0.3 is 0 Å². The maximum Gasteiger partial charge on any atom is 0.260 e. The van der Waals surface area contributed by atoms with Crippen LogP contribution in [0.5, 0.6) is 0 Å². The van der Waals surface area contributed by atoms with Crippen LogP contribution in [0.15, 0.2) is 48.5 Å². The van der Waals surface area contributed by atoms with Crippen molar-refractivity contribution in [1.29, 1.82) is 0 Å². The molecule has 27 heavy (non-hydrogen) atoms. The van der Waals surface area contributed by atoms with E-state index in [1.54, 1.807) is 48.5 Å². The van der Waals surface area contributed by atoms with E-state index < -0.39 is 0 Å². The van der Waals surface area contributed by atoms with Crippen LogP contribution < -0.4 is 10.6 Å². The zero-order valence-corrected chi connectivity index (χ0v) is 14.8. The Bertz CT molecular complexity index is 906. The van der Waals surface area contributed by atoms with Gasteiger partial charge in [-0.2, -0.15) is 0 Å². The van der Waals surface area contributed by atoms with Crippen molar-refractivity contribution in [3.8, 4) is 0 Å². The monoisotopic (exact) mass is 365 g/mol. The van der Waals surface area contributed by atoms with E-state index in [4.69, 9.17) is 0 Å². The summed E-state index contributed by atoms with van der Waals surface area (Å²) in [4.78, 5) is 48.9. The van der Waals surface area contributed by atoms with Gasteiger partial charge in [-0.15, -0.1) is 0 Å². The number of carbonyl (C=O) groups is 4. The number of carbonyl (C=O) groups excluding carboxylic acids is 4. The van der Waals surface area contributed by atoms with E-state index in [1.165, 1.54) is 6.92 Å². The Kier molecular flexibility index (Phi) is 5.30. The van der Waals surface area contributed by atoms with E-state index in [0.29, 0.717) is 22.5 Å². The molecule has 7 heteroatoms. The van der Waals surface area contributed by atoms with E-state index in [2.05, 4.69) is 10.6 Å². The van der Waals surface area contributed by atoms with Crippen LogP contribution in [-0.4, -0.2) is 35.1 Å². The molecule has 4 amide bonds. The summed E-state index contributed by atoms with van der Waals surface area (Å²) in [5.74, 6) is -1.15. The molecule has 1 aliphatic rings. The molecule has 2 N–H and O–H groups in total. The van der Waals surface area contributed by atoms with E-state index in [0.717, 1.165) is 4.90 Å². The molecule has 0 saturated heterocycles. The lowest BCUT2D eigenvalue weighted by Crippen LogP contribution is -2.43. The van der Waals surface area contributed by atoms with Crippen molar-refractivity contribution in [1.82, 2.24) is 4.90 Å². The minimum atomic E-state index is -0.366. The van der Waals surface area contributed by atoms with Crippen molar-refractivity contribution in [3.05, 3.63) is 59.7 Å². The molecule has 0 fully saturated rings. The van der Waals surface area contributed by atoms with Gasteiger partial charge in [-0.25, -0.2) is 0 Å². The Morgan fingerprint density at radius 1 is 0.963 bits per heavy atom. The minimum Gasteiger partial charge on any atom is -0.326 e. The van der Waals surface area contributed by atoms with Crippen LogP contribution in [0.4, 0.5) is 11.4 Å². The zero-order valence-electron chi connectivity index (χ0n) is 14.8. The highest BCUT2D eigenvalue weighted by molar-refractivity contribution is 6.10. The van der Waals surface area contributed by atoms with Crippen LogP contribution in [0.25, 0.3) is 0 Å². The van der Waals surface area contributed by atoms with Crippen LogP contribution in [-0.2, 0) is 20.8 Å². The Morgan fingerprint density at radius 3 is 2.26 bits per heavy atom. The fourth-order valence-electron chi connectivity index (χ4n) is 2.90. The Hall–Kier alpha value is -3.48. The number of rotatable bonds is 5. The molecule has 0 unspecified atom stereocenters. The lowest BCUT2D eigenvalue weighted by atomic mass is 9.98. The quantitative estimate of drug-likeness (QED) is 0.794. The van der Waals surface area contributed by atoms with Crippen molar-refractivity contribution in [3.63, 3.8) is 0 Å². The van der Waals surface area contributed by atoms with Crippen LogP contribution >= 0.6 is 0 Å². The lowest BCUT2D eigenvalue weighted by molar-refractivity contribution is -0.128. The van der Waals surface area contributed by atoms with Gasteiger partial charge in [0.25, 0.3) is 5.91 Å². The number of hydrogen-bond acceptors (Lipinski definition) is 4. The third-order valence-electron chi connectivity index (χ3n) is 4.19. The first-order chi connectivity index (χ1) is 12.9. The average Bonchev–Trinajstić information content (AvgIpc) is 2.63. The highest BCUT2D eigenvalue weighted by Crippen LogP contribution is 2.20. The Morgan fingerprint density at radius 2 is 1.59 bits per heavy atom. The third-order valence-corrected chi connectivity index (χ3v) is 4.19. The van der Waals surface area contributed by atoms with Gasteiger partial charge in [-0.1, -0.05) is 18.2 Å². The normalized spacial score (nSPS) is 13.1. The second-order valence-electron chi connectivity index (χ2n) is 6.24. The van der Waals surface area contributed by atoms with Crippen molar-refractivity contribution in [2.24, 2.45) is 0 Å². The topological polar surface area (TPSA) is 95.6 Å². The van der Waals surface area contributed by atoms with Gasteiger partial charge in [-0.05, 0) is 35.9 Å². The van der Waals surface area contributed by atoms with Crippen molar-refractivity contribution < 1.29 is 19.2 Å². The van der Waals surface area contributed by atoms with E-state index in [1.807, 2.05) is 0 Å². The predicted octanol–water partition coefficient (Wildman–Crippen LogP) is 2.20. The van der Waals surface area contributed by atoms with Gasteiger partial charge in [-0.3, -0.25) is 24.1 Å².